The molecule has 0 aromatic heterocycles. The molecule has 2 saturated carbocycles. The second kappa shape index (κ2) is 5.05. The number of nitrogens with one attached hydrogen (secondary N) is 1. The van der Waals surface area contributed by atoms with Gasteiger partial charge in [-0.2, -0.15) is 0 Å². The highest BCUT2D eigenvalue weighted by atomic mass is 16.5. The van der Waals surface area contributed by atoms with Crippen molar-refractivity contribution >= 4 is 0 Å². The Hall–Kier alpha value is -0.0800. The van der Waals surface area contributed by atoms with Gasteiger partial charge in [-0.1, -0.05) is 19.8 Å². The smallest absolute Gasteiger partial charge is 0.0664 e. The van der Waals surface area contributed by atoms with Crippen LogP contribution in [0.25, 0.3) is 0 Å². The second-order valence-electron chi connectivity index (χ2n) is 5.86. The Balaban J connectivity index is 1.93. The van der Waals surface area contributed by atoms with Crippen molar-refractivity contribution in [2.45, 2.75) is 77.5 Å². The lowest BCUT2D eigenvalue weighted by Gasteiger charge is -2.55. The molecule has 0 bridgehead atoms. The molecule has 94 valence electrons. The highest BCUT2D eigenvalue weighted by Crippen LogP contribution is 2.54. The Bertz CT molecular complexity index is 221. The topological polar surface area (TPSA) is 21.3 Å². The third kappa shape index (κ3) is 2.14. The molecule has 2 atom stereocenters. The Kier molecular flexibility index (Phi) is 3.91. The van der Waals surface area contributed by atoms with Crippen LogP contribution >= 0.6 is 0 Å². The maximum Gasteiger partial charge on any atom is 0.0664 e. The molecule has 0 aliphatic heterocycles. The second-order valence-corrected chi connectivity index (χ2v) is 5.86. The monoisotopic (exact) mass is 225 g/mol. The predicted octanol–water partition coefficient (Wildman–Crippen LogP) is 3.11. The van der Waals surface area contributed by atoms with E-state index in [-0.39, 0.29) is 0 Å². The first kappa shape index (κ1) is 12.4. The van der Waals surface area contributed by atoms with Crippen molar-refractivity contribution in [3.8, 4) is 0 Å². The average Bonchev–Trinajstić information content (AvgIpc) is 2.73. The predicted molar refractivity (Wildman–Crippen MR) is 67.6 cm³/mol. The van der Waals surface area contributed by atoms with Crippen LogP contribution in [0.4, 0.5) is 0 Å². The molecule has 2 nitrogen and oxygen atoms in total. The molecule has 0 radical (unpaired) electrons. The Morgan fingerprint density at radius 2 is 2.00 bits per heavy atom. The van der Waals surface area contributed by atoms with Crippen LogP contribution in [0.5, 0.6) is 0 Å². The molecule has 0 amide bonds. The standard InChI is InChI=1S/C14H27NO/c1-4-9-15-12-10-13(16-11(2)3)14(12)7-5-6-8-14/h11-13,15H,4-10H2,1-3H3. The minimum absolute atomic E-state index is 0.384. The van der Waals surface area contributed by atoms with Gasteiger partial charge in [0.1, 0.15) is 0 Å². The van der Waals surface area contributed by atoms with E-state index in [1.807, 2.05) is 0 Å². The third-order valence-electron chi connectivity index (χ3n) is 4.40. The molecule has 2 heteroatoms. The van der Waals surface area contributed by atoms with E-state index in [1.54, 1.807) is 0 Å². The molecule has 0 aromatic carbocycles. The van der Waals surface area contributed by atoms with Crippen LogP contribution in [0.15, 0.2) is 0 Å². The lowest BCUT2D eigenvalue weighted by atomic mass is 9.60. The fourth-order valence-corrected chi connectivity index (χ4v) is 3.58. The van der Waals surface area contributed by atoms with Crippen LogP contribution in [-0.2, 0) is 4.74 Å². The summed E-state index contributed by atoms with van der Waals surface area (Å²) in [6.07, 6.45) is 8.96. The zero-order chi connectivity index (χ0) is 11.6. The van der Waals surface area contributed by atoms with Crippen molar-refractivity contribution in [1.29, 1.82) is 0 Å². The Morgan fingerprint density at radius 3 is 2.56 bits per heavy atom. The summed E-state index contributed by atoms with van der Waals surface area (Å²) in [6, 6.07) is 0.735. The molecule has 2 aliphatic rings. The molecule has 1 N–H and O–H groups in total. The van der Waals surface area contributed by atoms with Gasteiger partial charge in [0.25, 0.3) is 0 Å². The summed E-state index contributed by atoms with van der Waals surface area (Å²) in [6.45, 7) is 7.74. The van der Waals surface area contributed by atoms with Crippen molar-refractivity contribution in [2.75, 3.05) is 6.54 Å². The fraction of sp³-hybridized carbons (Fsp3) is 1.00. The first-order valence-corrected chi connectivity index (χ1v) is 7.08. The third-order valence-corrected chi connectivity index (χ3v) is 4.40. The summed E-state index contributed by atoms with van der Waals surface area (Å²) in [4.78, 5) is 0. The highest BCUT2D eigenvalue weighted by Gasteiger charge is 2.56. The number of rotatable bonds is 5. The Labute approximate surface area is 100 Å². The maximum atomic E-state index is 6.09. The number of hydrogen-bond donors (Lipinski definition) is 1. The van der Waals surface area contributed by atoms with Gasteiger partial charge < -0.3 is 10.1 Å². The quantitative estimate of drug-likeness (QED) is 0.776. The minimum atomic E-state index is 0.384. The largest absolute Gasteiger partial charge is 0.375 e. The summed E-state index contributed by atoms with van der Waals surface area (Å²) < 4.78 is 6.09. The van der Waals surface area contributed by atoms with Gasteiger partial charge in [-0.3, -0.25) is 0 Å². The molecule has 2 fully saturated rings. The number of hydrogen-bond acceptors (Lipinski definition) is 2. The van der Waals surface area contributed by atoms with Crippen LogP contribution in [0.2, 0.25) is 0 Å². The van der Waals surface area contributed by atoms with Gasteiger partial charge in [-0.25, -0.2) is 0 Å². The van der Waals surface area contributed by atoms with Crippen molar-refractivity contribution < 1.29 is 4.74 Å². The molecule has 2 unspecified atom stereocenters. The van der Waals surface area contributed by atoms with Gasteiger partial charge in [0, 0.05) is 11.5 Å². The summed E-state index contributed by atoms with van der Waals surface area (Å²) in [5.41, 5.74) is 0.499. The first-order chi connectivity index (χ1) is 7.69. The summed E-state index contributed by atoms with van der Waals surface area (Å²) in [5.74, 6) is 0. The zero-order valence-corrected chi connectivity index (χ0v) is 11.1. The van der Waals surface area contributed by atoms with Crippen LogP contribution in [0, 0.1) is 5.41 Å². The minimum Gasteiger partial charge on any atom is -0.375 e. The van der Waals surface area contributed by atoms with E-state index in [1.165, 1.54) is 45.1 Å². The van der Waals surface area contributed by atoms with E-state index in [4.69, 9.17) is 4.74 Å². The molecular weight excluding hydrogens is 198 g/mol. The van der Waals surface area contributed by atoms with Crippen molar-refractivity contribution in [1.82, 2.24) is 5.32 Å². The van der Waals surface area contributed by atoms with Crippen LogP contribution in [0.1, 0.15) is 59.3 Å². The highest BCUT2D eigenvalue weighted by molar-refractivity contribution is 5.10. The summed E-state index contributed by atoms with van der Waals surface area (Å²) in [7, 11) is 0. The molecular formula is C14H27NO. The van der Waals surface area contributed by atoms with E-state index in [0.717, 1.165) is 6.04 Å². The first-order valence-electron chi connectivity index (χ1n) is 7.08. The van der Waals surface area contributed by atoms with Crippen molar-refractivity contribution in [3.63, 3.8) is 0 Å². The average molecular weight is 225 g/mol. The molecule has 2 rings (SSSR count). The van der Waals surface area contributed by atoms with E-state index < -0.39 is 0 Å². The van der Waals surface area contributed by atoms with Crippen LogP contribution in [0.3, 0.4) is 0 Å². The zero-order valence-electron chi connectivity index (χ0n) is 11.1. The van der Waals surface area contributed by atoms with Gasteiger partial charge in [0.2, 0.25) is 0 Å². The van der Waals surface area contributed by atoms with Gasteiger partial charge in [0.05, 0.1) is 12.2 Å². The fourth-order valence-electron chi connectivity index (χ4n) is 3.58. The SMILES string of the molecule is CCCNC1CC(OC(C)C)C12CCCC2. The normalized spacial score (nSPS) is 32.2. The van der Waals surface area contributed by atoms with Crippen molar-refractivity contribution in [2.24, 2.45) is 5.41 Å². The maximum absolute atomic E-state index is 6.09. The molecule has 2 aliphatic carbocycles. The Morgan fingerprint density at radius 1 is 1.31 bits per heavy atom. The van der Waals surface area contributed by atoms with Crippen LogP contribution < -0.4 is 5.32 Å². The van der Waals surface area contributed by atoms with E-state index in [0.29, 0.717) is 17.6 Å². The van der Waals surface area contributed by atoms with Gasteiger partial charge in [-0.15, -0.1) is 0 Å². The van der Waals surface area contributed by atoms with Crippen molar-refractivity contribution in [3.05, 3.63) is 0 Å². The lowest BCUT2D eigenvalue weighted by Crippen LogP contribution is -2.63. The van der Waals surface area contributed by atoms with Gasteiger partial charge >= 0.3 is 0 Å². The number of ether oxygens (including phenoxy) is 1. The van der Waals surface area contributed by atoms with Gasteiger partial charge in [0.15, 0.2) is 0 Å². The van der Waals surface area contributed by atoms with E-state index in [2.05, 4.69) is 26.1 Å². The molecule has 0 saturated heterocycles. The summed E-state index contributed by atoms with van der Waals surface area (Å²) in [5, 5.41) is 3.72. The molecule has 1 spiro atoms. The molecule has 0 aromatic rings. The van der Waals surface area contributed by atoms with E-state index >= 15 is 0 Å². The van der Waals surface area contributed by atoms with E-state index in [9.17, 15) is 0 Å². The van der Waals surface area contributed by atoms with Crippen LogP contribution in [-0.4, -0.2) is 24.8 Å². The lowest BCUT2D eigenvalue weighted by molar-refractivity contribution is -0.152. The molecule has 16 heavy (non-hydrogen) atoms. The van der Waals surface area contributed by atoms with Gasteiger partial charge in [-0.05, 0) is 46.1 Å². The summed E-state index contributed by atoms with van der Waals surface area (Å²) >= 11 is 0. The molecule has 0 heterocycles.